The molecule has 1 saturated carbocycles. The van der Waals surface area contributed by atoms with E-state index < -0.39 is 0 Å². The smallest absolute Gasteiger partial charge is 0.120 e. The van der Waals surface area contributed by atoms with Gasteiger partial charge < -0.3 is 9.47 Å². The van der Waals surface area contributed by atoms with E-state index in [-0.39, 0.29) is 17.7 Å². The molecule has 0 saturated heterocycles. The van der Waals surface area contributed by atoms with Crippen LogP contribution in [0.1, 0.15) is 58.1 Å². The Bertz CT molecular complexity index is 442. The van der Waals surface area contributed by atoms with Crippen molar-refractivity contribution < 1.29 is 9.47 Å². The molecule has 0 radical (unpaired) electrons. The van der Waals surface area contributed by atoms with Gasteiger partial charge in [0.2, 0.25) is 0 Å². The molecule has 1 aliphatic carbocycles. The largest absolute Gasteiger partial charge is 0.491 e. The molecule has 1 atom stereocenters. The highest BCUT2D eigenvalue weighted by Gasteiger charge is 2.42. The van der Waals surface area contributed by atoms with E-state index in [0.29, 0.717) is 6.61 Å². The number of hydrazine groups is 1. The molecule has 3 N–H and O–H groups in total. The van der Waals surface area contributed by atoms with Gasteiger partial charge in [-0.2, -0.15) is 0 Å². The maximum atomic E-state index is 6.14. The predicted octanol–water partition coefficient (Wildman–Crippen LogP) is 3.33. The van der Waals surface area contributed by atoms with Crippen LogP contribution in [0, 0.1) is 0 Å². The lowest BCUT2D eigenvalue weighted by atomic mass is 9.87. The predicted molar refractivity (Wildman–Crippen MR) is 85.1 cm³/mol. The lowest BCUT2D eigenvalue weighted by Gasteiger charge is -2.37. The second-order valence-corrected chi connectivity index (χ2v) is 6.04. The van der Waals surface area contributed by atoms with Crippen molar-refractivity contribution in [1.29, 1.82) is 0 Å². The van der Waals surface area contributed by atoms with Crippen LogP contribution in [0.3, 0.4) is 0 Å². The average molecular weight is 292 g/mol. The van der Waals surface area contributed by atoms with Crippen LogP contribution in [0.25, 0.3) is 0 Å². The molecule has 21 heavy (non-hydrogen) atoms. The van der Waals surface area contributed by atoms with Gasteiger partial charge in [-0.1, -0.05) is 25.0 Å². The lowest BCUT2D eigenvalue weighted by molar-refractivity contribution is -0.0627. The Balaban J connectivity index is 2.27. The third-order valence-electron chi connectivity index (χ3n) is 4.14. The van der Waals surface area contributed by atoms with Crippen molar-refractivity contribution in [2.45, 2.75) is 64.2 Å². The summed E-state index contributed by atoms with van der Waals surface area (Å²) in [7, 11) is 0. The van der Waals surface area contributed by atoms with Gasteiger partial charge in [0.05, 0.1) is 17.7 Å². The number of rotatable bonds is 7. The number of hydrogen-bond donors (Lipinski definition) is 2. The molecule has 1 unspecified atom stereocenters. The third-order valence-corrected chi connectivity index (χ3v) is 4.14. The van der Waals surface area contributed by atoms with Gasteiger partial charge >= 0.3 is 0 Å². The summed E-state index contributed by atoms with van der Waals surface area (Å²) in [4.78, 5) is 0. The number of nitrogens with one attached hydrogen (secondary N) is 1. The first-order chi connectivity index (χ1) is 10.1. The maximum absolute atomic E-state index is 6.14. The Labute approximate surface area is 128 Å². The van der Waals surface area contributed by atoms with Gasteiger partial charge in [-0.05, 0) is 51.3 Å². The van der Waals surface area contributed by atoms with Gasteiger partial charge in [0, 0.05) is 6.61 Å². The maximum Gasteiger partial charge on any atom is 0.120 e. The van der Waals surface area contributed by atoms with Gasteiger partial charge in [-0.25, -0.2) is 0 Å². The number of nitrogens with two attached hydrogens (primary N) is 1. The van der Waals surface area contributed by atoms with E-state index in [0.717, 1.165) is 24.2 Å². The number of benzene rings is 1. The van der Waals surface area contributed by atoms with E-state index in [2.05, 4.69) is 17.6 Å². The molecule has 0 aromatic heterocycles. The normalized spacial score (nSPS) is 18.9. The molecule has 0 spiro atoms. The highest BCUT2D eigenvalue weighted by Crippen LogP contribution is 2.43. The zero-order chi connectivity index (χ0) is 15.3. The molecular formula is C17H28N2O2. The number of ether oxygens (including phenoxy) is 2. The Kier molecular flexibility index (Phi) is 5.62. The van der Waals surface area contributed by atoms with Crippen molar-refractivity contribution in [3.8, 4) is 5.75 Å². The first-order valence-corrected chi connectivity index (χ1v) is 7.98. The first-order valence-electron chi connectivity index (χ1n) is 7.98. The molecule has 0 bridgehead atoms. The second-order valence-electron chi connectivity index (χ2n) is 6.04. The fourth-order valence-corrected chi connectivity index (χ4v) is 3.37. The zero-order valence-electron chi connectivity index (χ0n) is 13.4. The second kappa shape index (κ2) is 7.25. The van der Waals surface area contributed by atoms with Crippen molar-refractivity contribution in [3.05, 3.63) is 29.8 Å². The summed E-state index contributed by atoms with van der Waals surface area (Å²) in [5, 5.41) is 0. The molecule has 4 nitrogen and oxygen atoms in total. The molecule has 4 heteroatoms. The molecule has 1 aliphatic rings. The lowest BCUT2D eigenvalue weighted by Crippen LogP contribution is -2.47. The number of hydrogen-bond acceptors (Lipinski definition) is 4. The molecular weight excluding hydrogens is 264 g/mol. The Morgan fingerprint density at radius 2 is 2.00 bits per heavy atom. The minimum absolute atomic E-state index is 0.00402. The monoisotopic (exact) mass is 292 g/mol. The molecule has 1 fully saturated rings. The van der Waals surface area contributed by atoms with Crippen LogP contribution in [0.2, 0.25) is 0 Å². The molecule has 0 amide bonds. The topological polar surface area (TPSA) is 56.5 Å². The van der Waals surface area contributed by atoms with Crippen LogP contribution in [0.15, 0.2) is 24.3 Å². The van der Waals surface area contributed by atoms with E-state index in [9.17, 15) is 0 Å². The van der Waals surface area contributed by atoms with Crippen LogP contribution < -0.4 is 16.0 Å². The fourth-order valence-electron chi connectivity index (χ4n) is 3.37. The van der Waals surface area contributed by atoms with Crippen LogP contribution in [-0.4, -0.2) is 18.3 Å². The van der Waals surface area contributed by atoms with Crippen molar-refractivity contribution in [1.82, 2.24) is 5.43 Å². The summed E-state index contributed by atoms with van der Waals surface area (Å²) in [6.07, 6.45) is 4.65. The summed E-state index contributed by atoms with van der Waals surface area (Å²) >= 11 is 0. The first kappa shape index (κ1) is 16.3. The Hall–Kier alpha value is -1.10. The zero-order valence-corrected chi connectivity index (χ0v) is 13.4. The summed E-state index contributed by atoms with van der Waals surface area (Å²) in [5.41, 5.74) is 3.92. The van der Waals surface area contributed by atoms with Gasteiger partial charge in [-0.3, -0.25) is 11.3 Å². The van der Waals surface area contributed by atoms with Crippen molar-refractivity contribution in [3.63, 3.8) is 0 Å². The average Bonchev–Trinajstić information content (AvgIpc) is 2.89. The van der Waals surface area contributed by atoms with Gasteiger partial charge in [0.25, 0.3) is 0 Å². The van der Waals surface area contributed by atoms with Crippen molar-refractivity contribution in [2.75, 3.05) is 6.61 Å². The summed E-state index contributed by atoms with van der Waals surface area (Å²) in [6, 6.07) is 8.17. The molecule has 1 aromatic rings. The molecule has 2 rings (SSSR count). The van der Waals surface area contributed by atoms with Gasteiger partial charge in [-0.15, -0.1) is 0 Å². The van der Waals surface area contributed by atoms with E-state index >= 15 is 0 Å². The van der Waals surface area contributed by atoms with Crippen LogP contribution in [0.5, 0.6) is 5.75 Å². The van der Waals surface area contributed by atoms with Crippen LogP contribution in [0.4, 0.5) is 0 Å². The highest BCUT2D eigenvalue weighted by molar-refractivity contribution is 5.32. The van der Waals surface area contributed by atoms with Gasteiger partial charge in [0.15, 0.2) is 0 Å². The molecule has 1 aromatic carbocycles. The third kappa shape index (κ3) is 3.76. The van der Waals surface area contributed by atoms with Crippen LogP contribution in [-0.2, 0) is 4.74 Å². The quantitative estimate of drug-likeness (QED) is 0.598. The van der Waals surface area contributed by atoms with E-state index in [1.165, 1.54) is 12.8 Å². The molecule has 118 valence electrons. The Morgan fingerprint density at radius 3 is 2.57 bits per heavy atom. The van der Waals surface area contributed by atoms with Gasteiger partial charge in [0.1, 0.15) is 5.75 Å². The fraction of sp³-hybridized carbons (Fsp3) is 0.647. The standard InChI is InChI=1S/C17H28N2O2/c1-4-20-17(10-5-6-11-17)16(19-18)14-8-7-9-15(12-14)21-13(2)3/h7-9,12-13,16,19H,4-6,10-11,18H2,1-3H3. The van der Waals surface area contributed by atoms with Crippen LogP contribution >= 0.6 is 0 Å². The van der Waals surface area contributed by atoms with E-state index in [1.807, 2.05) is 32.9 Å². The minimum atomic E-state index is -0.194. The summed E-state index contributed by atoms with van der Waals surface area (Å²) in [6.45, 7) is 6.82. The SMILES string of the molecule is CCOC1(C(NN)c2cccc(OC(C)C)c2)CCCC1. The molecule has 0 heterocycles. The Morgan fingerprint density at radius 1 is 1.29 bits per heavy atom. The highest BCUT2D eigenvalue weighted by atomic mass is 16.5. The molecule has 0 aliphatic heterocycles. The summed E-state index contributed by atoms with van der Waals surface area (Å²) < 4.78 is 11.9. The van der Waals surface area contributed by atoms with E-state index in [4.69, 9.17) is 15.3 Å². The van der Waals surface area contributed by atoms with Crippen molar-refractivity contribution >= 4 is 0 Å². The van der Waals surface area contributed by atoms with Crippen molar-refractivity contribution in [2.24, 2.45) is 5.84 Å². The summed E-state index contributed by atoms with van der Waals surface area (Å²) in [5.74, 6) is 6.76. The van der Waals surface area contributed by atoms with E-state index in [1.54, 1.807) is 0 Å². The minimum Gasteiger partial charge on any atom is -0.491 e.